The lowest BCUT2D eigenvalue weighted by Gasteiger charge is -2.38. The molecule has 0 aromatic rings. The SMILES string of the molecule is CC1(N/C=C/C(=O)O)CCC1. The van der Waals surface area contributed by atoms with E-state index >= 15 is 0 Å². The summed E-state index contributed by atoms with van der Waals surface area (Å²) in [4.78, 5) is 10.1. The van der Waals surface area contributed by atoms with Gasteiger partial charge in [-0.25, -0.2) is 4.79 Å². The number of hydrogen-bond donors (Lipinski definition) is 2. The van der Waals surface area contributed by atoms with Crippen molar-refractivity contribution in [2.45, 2.75) is 31.7 Å². The molecule has 62 valence electrons. The third-order valence-corrected chi connectivity index (χ3v) is 2.11. The van der Waals surface area contributed by atoms with Crippen molar-refractivity contribution in [3.63, 3.8) is 0 Å². The molecular formula is C8H13NO2. The first-order chi connectivity index (χ1) is 5.12. The highest BCUT2D eigenvalue weighted by atomic mass is 16.4. The van der Waals surface area contributed by atoms with Gasteiger partial charge in [-0.3, -0.25) is 0 Å². The van der Waals surface area contributed by atoms with E-state index in [0.29, 0.717) is 0 Å². The van der Waals surface area contributed by atoms with Gasteiger partial charge in [-0.2, -0.15) is 0 Å². The van der Waals surface area contributed by atoms with Crippen LogP contribution in [0.4, 0.5) is 0 Å². The maximum atomic E-state index is 10.1. The van der Waals surface area contributed by atoms with E-state index in [2.05, 4.69) is 12.2 Å². The summed E-state index contributed by atoms with van der Waals surface area (Å²) in [6.45, 7) is 2.10. The van der Waals surface area contributed by atoms with Crippen LogP contribution in [0, 0.1) is 0 Å². The van der Waals surface area contributed by atoms with Gasteiger partial charge < -0.3 is 10.4 Å². The lowest BCUT2D eigenvalue weighted by molar-refractivity contribution is -0.131. The Kier molecular flexibility index (Phi) is 2.17. The molecule has 2 N–H and O–H groups in total. The molecule has 0 bridgehead atoms. The molecule has 0 spiro atoms. The van der Waals surface area contributed by atoms with E-state index in [1.807, 2.05) is 0 Å². The Bertz CT molecular complexity index is 183. The number of aliphatic carboxylic acids is 1. The van der Waals surface area contributed by atoms with Crippen molar-refractivity contribution in [3.8, 4) is 0 Å². The number of hydrogen-bond acceptors (Lipinski definition) is 2. The van der Waals surface area contributed by atoms with Crippen LogP contribution < -0.4 is 5.32 Å². The van der Waals surface area contributed by atoms with Crippen LogP contribution in [0.2, 0.25) is 0 Å². The quantitative estimate of drug-likeness (QED) is 0.600. The van der Waals surface area contributed by atoms with Gasteiger partial charge in [0.1, 0.15) is 0 Å². The second-order valence-corrected chi connectivity index (χ2v) is 3.23. The molecular weight excluding hydrogens is 142 g/mol. The van der Waals surface area contributed by atoms with Gasteiger partial charge in [0.15, 0.2) is 0 Å². The first-order valence-corrected chi connectivity index (χ1v) is 3.80. The van der Waals surface area contributed by atoms with Crippen molar-refractivity contribution in [2.24, 2.45) is 0 Å². The zero-order chi connectivity index (χ0) is 8.32. The summed E-state index contributed by atoms with van der Waals surface area (Å²) in [5, 5.41) is 11.3. The highest BCUT2D eigenvalue weighted by Gasteiger charge is 2.29. The monoisotopic (exact) mass is 155 g/mol. The molecule has 0 aromatic heterocycles. The zero-order valence-electron chi connectivity index (χ0n) is 6.63. The van der Waals surface area contributed by atoms with Crippen LogP contribution in [0.1, 0.15) is 26.2 Å². The second kappa shape index (κ2) is 2.95. The smallest absolute Gasteiger partial charge is 0.329 e. The predicted molar refractivity (Wildman–Crippen MR) is 42.2 cm³/mol. The summed E-state index contributed by atoms with van der Waals surface area (Å²) in [5.41, 5.74) is 0.159. The average Bonchev–Trinajstić information content (AvgIpc) is 1.83. The Morgan fingerprint density at radius 1 is 1.64 bits per heavy atom. The molecule has 0 aliphatic heterocycles. The molecule has 0 unspecified atom stereocenters. The van der Waals surface area contributed by atoms with Gasteiger partial charge in [0.05, 0.1) is 0 Å². The Labute approximate surface area is 66.1 Å². The Balaban J connectivity index is 2.26. The minimum atomic E-state index is -0.902. The molecule has 0 radical (unpaired) electrons. The van der Waals surface area contributed by atoms with Crippen molar-refractivity contribution >= 4 is 5.97 Å². The van der Waals surface area contributed by atoms with Crippen molar-refractivity contribution in [3.05, 3.63) is 12.3 Å². The molecule has 0 aromatic carbocycles. The van der Waals surface area contributed by atoms with E-state index in [1.165, 1.54) is 12.6 Å². The van der Waals surface area contributed by atoms with Gasteiger partial charge in [-0.05, 0) is 26.2 Å². The third-order valence-electron chi connectivity index (χ3n) is 2.11. The number of carboxylic acids is 1. The minimum absolute atomic E-state index is 0.159. The van der Waals surface area contributed by atoms with Crippen LogP contribution in [0.3, 0.4) is 0 Å². The molecule has 0 heterocycles. The van der Waals surface area contributed by atoms with Crippen molar-refractivity contribution in [1.29, 1.82) is 0 Å². The predicted octanol–water partition coefficient (Wildman–Crippen LogP) is 1.12. The van der Waals surface area contributed by atoms with Crippen molar-refractivity contribution in [1.82, 2.24) is 5.32 Å². The van der Waals surface area contributed by atoms with E-state index in [9.17, 15) is 4.79 Å². The maximum Gasteiger partial charge on any atom is 0.329 e. The summed E-state index contributed by atoms with van der Waals surface area (Å²) < 4.78 is 0. The second-order valence-electron chi connectivity index (χ2n) is 3.23. The first-order valence-electron chi connectivity index (χ1n) is 3.80. The van der Waals surface area contributed by atoms with Crippen molar-refractivity contribution in [2.75, 3.05) is 0 Å². The summed E-state index contributed by atoms with van der Waals surface area (Å²) in [6, 6.07) is 0. The molecule has 3 heteroatoms. The molecule has 3 nitrogen and oxygen atoms in total. The minimum Gasteiger partial charge on any atom is -0.478 e. The van der Waals surface area contributed by atoms with E-state index in [4.69, 9.17) is 5.11 Å². The molecule has 11 heavy (non-hydrogen) atoms. The topological polar surface area (TPSA) is 49.3 Å². The maximum absolute atomic E-state index is 10.1. The summed E-state index contributed by atoms with van der Waals surface area (Å²) in [5.74, 6) is -0.902. The number of carbonyl (C=O) groups is 1. The molecule has 1 saturated carbocycles. The molecule has 1 rings (SSSR count). The van der Waals surface area contributed by atoms with Crippen LogP contribution in [0.5, 0.6) is 0 Å². The van der Waals surface area contributed by atoms with Crippen molar-refractivity contribution < 1.29 is 9.90 Å². The van der Waals surface area contributed by atoms with E-state index in [-0.39, 0.29) is 5.54 Å². The summed E-state index contributed by atoms with van der Waals surface area (Å²) >= 11 is 0. The van der Waals surface area contributed by atoms with Crippen LogP contribution in [0.15, 0.2) is 12.3 Å². The molecule has 1 fully saturated rings. The molecule has 0 atom stereocenters. The van der Waals surface area contributed by atoms with Gasteiger partial charge in [0, 0.05) is 17.8 Å². The highest BCUT2D eigenvalue weighted by molar-refractivity contribution is 5.79. The highest BCUT2D eigenvalue weighted by Crippen LogP contribution is 2.30. The fraction of sp³-hybridized carbons (Fsp3) is 0.625. The Hall–Kier alpha value is -0.990. The van der Waals surface area contributed by atoms with Crippen LogP contribution in [-0.4, -0.2) is 16.6 Å². The number of carboxylic acid groups (broad SMARTS) is 1. The van der Waals surface area contributed by atoms with Gasteiger partial charge in [0.25, 0.3) is 0 Å². The fourth-order valence-corrected chi connectivity index (χ4v) is 1.17. The van der Waals surface area contributed by atoms with E-state index < -0.39 is 5.97 Å². The van der Waals surface area contributed by atoms with Gasteiger partial charge in [-0.1, -0.05) is 0 Å². The van der Waals surface area contributed by atoms with E-state index in [0.717, 1.165) is 18.9 Å². The van der Waals surface area contributed by atoms with Gasteiger partial charge in [-0.15, -0.1) is 0 Å². The first kappa shape index (κ1) is 8.11. The Morgan fingerprint density at radius 3 is 2.64 bits per heavy atom. The van der Waals surface area contributed by atoms with Gasteiger partial charge >= 0.3 is 5.97 Å². The number of nitrogens with one attached hydrogen (secondary N) is 1. The normalized spacial score (nSPS) is 21.2. The summed E-state index contributed by atoms with van der Waals surface area (Å²) in [6.07, 6.45) is 6.16. The van der Waals surface area contributed by atoms with E-state index in [1.54, 1.807) is 0 Å². The largest absolute Gasteiger partial charge is 0.478 e. The molecule has 0 amide bonds. The molecule has 1 aliphatic rings. The Morgan fingerprint density at radius 2 is 2.27 bits per heavy atom. The number of rotatable bonds is 3. The lowest BCUT2D eigenvalue weighted by Crippen LogP contribution is -2.45. The zero-order valence-corrected chi connectivity index (χ0v) is 6.63. The standard InChI is InChI=1S/C8H13NO2/c1-8(4-2-5-8)9-6-3-7(10)11/h3,6,9H,2,4-5H2,1H3,(H,10,11)/b6-3+. The average molecular weight is 155 g/mol. The summed E-state index contributed by atoms with van der Waals surface area (Å²) in [7, 11) is 0. The van der Waals surface area contributed by atoms with Gasteiger partial charge in [0.2, 0.25) is 0 Å². The fourth-order valence-electron chi connectivity index (χ4n) is 1.17. The van der Waals surface area contributed by atoms with Crippen LogP contribution in [-0.2, 0) is 4.79 Å². The molecule has 0 saturated heterocycles. The van der Waals surface area contributed by atoms with Crippen LogP contribution in [0.25, 0.3) is 0 Å². The third kappa shape index (κ3) is 2.26. The molecule has 1 aliphatic carbocycles. The lowest BCUT2D eigenvalue weighted by atomic mass is 9.79. The van der Waals surface area contributed by atoms with Crippen LogP contribution >= 0.6 is 0 Å².